The lowest BCUT2D eigenvalue weighted by Crippen LogP contribution is -2.62. The minimum absolute atomic E-state index is 0.0949. The summed E-state index contributed by atoms with van der Waals surface area (Å²) in [7, 11) is 1.50. The molecule has 112 valence electrons. The number of hydrogen-bond acceptors (Lipinski definition) is 4. The number of carbonyl (C=O) groups is 1. The van der Waals surface area contributed by atoms with E-state index >= 15 is 0 Å². The van der Waals surface area contributed by atoms with Gasteiger partial charge in [0.25, 0.3) is 0 Å². The molecule has 1 atom stereocenters. The van der Waals surface area contributed by atoms with Crippen LogP contribution in [0.15, 0.2) is 0 Å². The average molecular weight is 270 g/mol. The van der Waals surface area contributed by atoms with Gasteiger partial charge in [0.1, 0.15) is 5.54 Å². The minimum atomic E-state index is -0.509. The Kier molecular flexibility index (Phi) is 6.27. The summed E-state index contributed by atoms with van der Waals surface area (Å²) in [6, 6.07) is 0.441. The largest absolute Gasteiger partial charge is 0.468 e. The van der Waals surface area contributed by atoms with Gasteiger partial charge in [0.05, 0.1) is 7.11 Å². The van der Waals surface area contributed by atoms with Gasteiger partial charge in [-0.3, -0.25) is 4.90 Å². The lowest BCUT2D eigenvalue weighted by molar-refractivity contribution is -0.151. The fourth-order valence-electron chi connectivity index (χ4n) is 2.72. The fraction of sp³-hybridized carbons (Fsp3) is 0.933. The molecule has 0 aliphatic heterocycles. The maximum absolute atomic E-state index is 12.4. The lowest BCUT2D eigenvalue weighted by Gasteiger charge is -2.38. The van der Waals surface area contributed by atoms with Gasteiger partial charge >= 0.3 is 5.97 Å². The van der Waals surface area contributed by atoms with Crippen molar-refractivity contribution in [2.45, 2.75) is 58.5 Å². The number of nitrogens with one attached hydrogen (secondary N) is 1. The van der Waals surface area contributed by atoms with Crippen LogP contribution in [0.2, 0.25) is 0 Å². The third kappa shape index (κ3) is 3.93. The predicted octanol–water partition coefficient (Wildman–Crippen LogP) is 2.04. The van der Waals surface area contributed by atoms with Crippen molar-refractivity contribution < 1.29 is 9.53 Å². The summed E-state index contributed by atoms with van der Waals surface area (Å²) in [6.45, 7) is 11.2. The molecular weight excluding hydrogens is 240 g/mol. The number of ether oxygens (including phenoxy) is 1. The van der Waals surface area contributed by atoms with E-state index in [1.165, 1.54) is 7.11 Å². The Balaban J connectivity index is 2.90. The average Bonchev–Trinajstić information content (AvgIpc) is 3.23. The van der Waals surface area contributed by atoms with Crippen molar-refractivity contribution in [3.05, 3.63) is 0 Å². The summed E-state index contributed by atoms with van der Waals surface area (Å²) in [5, 5.41) is 3.50. The van der Waals surface area contributed by atoms with E-state index < -0.39 is 5.54 Å². The van der Waals surface area contributed by atoms with Crippen molar-refractivity contribution in [1.29, 1.82) is 0 Å². The molecule has 0 radical (unpaired) electrons. The Morgan fingerprint density at radius 3 is 2.42 bits per heavy atom. The molecule has 1 fully saturated rings. The minimum Gasteiger partial charge on any atom is -0.468 e. The molecule has 0 spiro atoms. The van der Waals surface area contributed by atoms with Crippen LogP contribution in [-0.4, -0.2) is 49.2 Å². The first-order chi connectivity index (χ1) is 9.01. The molecule has 1 unspecified atom stereocenters. The molecule has 1 rings (SSSR count). The van der Waals surface area contributed by atoms with Crippen molar-refractivity contribution in [1.82, 2.24) is 10.2 Å². The van der Waals surface area contributed by atoms with Crippen LogP contribution in [-0.2, 0) is 9.53 Å². The number of methoxy groups -OCH3 is 1. The second kappa shape index (κ2) is 7.25. The van der Waals surface area contributed by atoms with Crippen molar-refractivity contribution in [2.24, 2.45) is 5.92 Å². The first-order valence-corrected chi connectivity index (χ1v) is 7.59. The van der Waals surface area contributed by atoms with Crippen LogP contribution < -0.4 is 5.32 Å². The number of likely N-dealkylation sites (N-methyl/N-ethyl adjacent to an activating group) is 1. The predicted molar refractivity (Wildman–Crippen MR) is 78.1 cm³/mol. The van der Waals surface area contributed by atoms with E-state index in [9.17, 15) is 4.79 Å². The Morgan fingerprint density at radius 2 is 2.05 bits per heavy atom. The molecule has 1 aliphatic rings. The van der Waals surface area contributed by atoms with E-state index in [1.807, 2.05) is 0 Å². The Morgan fingerprint density at radius 1 is 1.42 bits per heavy atom. The lowest BCUT2D eigenvalue weighted by atomic mass is 9.91. The van der Waals surface area contributed by atoms with Crippen molar-refractivity contribution in [2.75, 3.05) is 26.7 Å². The maximum Gasteiger partial charge on any atom is 0.327 e. The molecule has 19 heavy (non-hydrogen) atoms. The maximum atomic E-state index is 12.4. The summed E-state index contributed by atoms with van der Waals surface area (Å²) >= 11 is 0. The van der Waals surface area contributed by atoms with Crippen LogP contribution in [0, 0.1) is 5.92 Å². The Bertz CT molecular complexity index is 290. The zero-order chi connectivity index (χ0) is 14.5. The highest BCUT2D eigenvalue weighted by Crippen LogP contribution is 2.41. The summed E-state index contributed by atoms with van der Waals surface area (Å²) in [5.41, 5.74) is -0.509. The highest BCUT2D eigenvalue weighted by atomic mass is 16.5. The van der Waals surface area contributed by atoms with Gasteiger partial charge in [-0.2, -0.15) is 0 Å². The van der Waals surface area contributed by atoms with E-state index in [0.29, 0.717) is 12.0 Å². The molecule has 0 aromatic rings. The summed E-state index contributed by atoms with van der Waals surface area (Å²) < 4.78 is 5.11. The van der Waals surface area contributed by atoms with E-state index in [-0.39, 0.29) is 5.97 Å². The van der Waals surface area contributed by atoms with Gasteiger partial charge in [-0.15, -0.1) is 0 Å². The van der Waals surface area contributed by atoms with Gasteiger partial charge in [-0.05, 0) is 52.1 Å². The van der Waals surface area contributed by atoms with Gasteiger partial charge in [0, 0.05) is 12.6 Å². The fourth-order valence-corrected chi connectivity index (χ4v) is 2.72. The van der Waals surface area contributed by atoms with E-state index in [2.05, 4.69) is 37.9 Å². The number of nitrogens with zero attached hydrogens (tertiary/aromatic N) is 1. The molecular formula is C15H30N2O2. The summed E-state index contributed by atoms with van der Waals surface area (Å²) in [6.07, 6.45) is 3.28. The van der Waals surface area contributed by atoms with E-state index in [0.717, 1.165) is 38.9 Å². The van der Waals surface area contributed by atoms with Gasteiger partial charge in [-0.25, -0.2) is 4.79 Å². The molecule has 0 aromatic heterocycles. The first-order valence-electron chi connectivity index (χ1n) is 7.59. The molecule has 1 saturated carbocycles. The highest BCUT2D eigenvalue weighted by molar-refractivity contribution is 5.82. The molecule has 0 saturated heterocycles. The standard InChI is InChI=1S/C15H30N2O2/c1-6-10-16-15(13-8-9-13,14(18)19-5)11-17(7-2)12(3)4/h12-13,16H,6-11H2,1-5H3. The van der Waals surface area contributed by atoms with Crippen molar-refractivity contribution >= 4 is 5.97 Å². The molecule has 1 N–H and O–H groups in total. The Hall–Kier alpha value is -0.610. The quantitative estimate of drug-likeness (QED) is 0.651. The van der Waals surface area contributed by atoms with Gasteiger partial charge in [0.15, 0.2) is 0 Å². The van der Waals surface area contributed by atoms with Crippen LogP contribution in [0.5, 0.6) is 0 Å². The van der Waals surface area contributed by atoms with Crippen molar-refractivity contribution in [3.63, 3.8) is 0 Å². The molecule has 4 heteroatoms. The summed E-state index contributed by atoms with van der Waals surface area (Å²) in [4.78, 5) is 14.7. The third-order valence-electron chi connectivity index (χ3n) is 4.10. The molecule has 0 heterocycles. The van der Waals surface area contributed by atoms with Gasteiger partial charge < -0.3 is 10.1 Å². The zero-order valence-electron chi connectivity index (χ0n) is 13.2. The summed E-state index contributed by atoms with van der Waals surface area (Å²) in [5.74, 6) is 0.335. The molecule has 0 amide bonds. The second-order valence-electron chi connectivity index (χ2n) is 5.82. The zero-order valence-corrected chi connectivity index (χ0v) is 13.2. The molecule has 0 bridgehead atoms. The van der Waals surface area contributed by atoms with E-state index in [4.69, 9.17) is 4.74 Å². The molecule has 0 aromatic carbocycles. The number of esters is 1. The number of rotatable bonds is 9. The topological polar surface area (TPSA) is 41.6 Å². The van der Waals surface area contributed by atoms with Crippen molar-refractivity contribution in [3.8, 4) is 0 Å². The van der Waals surface area contributed by atoms with Crippen LogP contribution in [0.3, 0.4) is 0 Å². The highest BCUT2D eigenvalue weighted by Gasteiger charge is 2.52. The Labute approximate surface area is 117 Å². The normalized spacial score (nSPS) is 18.7. The monoisotopic (exact) mass is 270 g/mol. The van der Waals surface area contributed by atoms with Gasteiger partial charge in [0.2, 0.25) is 0 Å². The van der Waals surface area contributed by atoms with Crippen LogP contribution in [0.25, 0.3) is 0 Å². The van der Waals surface area contributed by atoms with Gasteiger partial charge in [-0.1, -0.05) is 13.8 Å². The third-order valence-corrected chi connectivity index (χ3v) is 4.10. The van der Waals surface area contributed by atoms with Crippen LogP contribution in [0.4, 0.5) is 0 Å². The smallest absolute Gasteiger partial charge is 0.327 e. The number of carbonyl (C=O) groups excluding carboxylic acids is 1. The molecule has 1 aliphatic carbocycles. The van der Waals surface area contributed by atoms with Crippen LogP contribution in [0.1, 0.15) is 47.0 Å². The number of hydrogen-bond donors (Lipinski definition) is 1. The van der Waals surface area contributed by atoms with Crippen LogP contribution >= 0.6 is 0 Å². The SMILES string of the molecule is CCCNC(CN(CC)C(C)C)(C(=O)OC)C1CC1. The first kappa shape index (κ1) is 16.4. The van der Waals surface area contributed by atoms with E-state index in [1.54, 1.807) is 0 Å². The second-order valence-corrected chi connectivity index (χ2v) is 5.82. The molecule has 4 nitrogen and oxygen atoms in total.